The average molecular weight is 327 g/mol. The number of phenols is 1. The molecule has 1 N–H and O–H groups in total. The first-order valence-corrected chi connectivity index (χ1v) is 7.76. The number of phenolic OH excluding ortho intramolecular Hbond substituents is 1. The van der Waals surface area contributed by atoms with Crippen LogP contribution in [0.15, 0.2) is 22.7 Å². The quantitative estimate of drug-likeness (QED) is 0.921. The first kappa shape index (κ1) is 14.8. The highest BCUT2D eigenvalue weighted by atomic mass is 79.9. The van der Waals surface area contributed by atoms with E-state index in [1.165, 1.54) is 12.1 Å². The fourth-order valence-corrected chi connectivity index (χ4v) is 2.98. The lowest BCUT2D eigenvalue weighted by Crippen LogP contribution is -2.46. The van der Waals surface area contributed by atoms with Gasteiger partial charge in [0, 0.05) is 39.3 Å². The van der Waals surface area contributed by atoms with Crippen LogP contribution in [0.4, 0.5) is 0 Å². The summed E-state index contributed by atoms with van der Waals surface area (Å²) in [4.78, 5) is 5.03. The van der Waals surface area contributed by atoms with Crippen molar-refractivity contribution in [3.8, 4) is 5.75 Å². The van der Waals surface area contributed by atoms with E-state index in [4.69, 9.17) is 0 Å². The smallest absolute Gasteiger partial charge is 0.129 e. The topological polar surface area (TPSA) is 26.7 Å². The predicted molar refractivity (Wildman–Crippen MR) is 82.4 cm³/mol. The summed E-state index contributed by atoms with van der Waals surface area (Å²) in [5.74, 6) is 1.06. The first-order valence-electron chi connectivity index (χ1n) is 6.96. The van der Waals surface area contributed by atoms with Gasteiger partial charge < -0.3 is 10.0 Å². The van der Waals surface area contributed by atoms with Gasteiger partial charge >= 0.3 is 0 Å². The van der Waals surface area contributed by atoms with Crippen LogP contribution in [0.1, 0.15) is 19.4 Å². The van der Waals surface area contributed by atoms with Gasteiger partial charge in [0.2, 0.25) is 0 Å². The highest BCUT2D eigenvalue weighted by molar-refractivity contribution is 9.10. The minimum atomic E-state index is 0.311. The standard InChI is InChI=1S/C15H23BrN2O/c1-12(2)10-17-5-7-18(8-6-17)11-13-3-4-15(19)14(16)9-13/h3-4,9,12,19H,5-8,10-11H2,1-2H3. The summed E-state index contributed by atoms with van der Waals surface area (Å²) < 4.78 is 0.781. The van der Waals surface area contributed by atoms with E-state index in [1.807, 2.05) is 12.1 Å². The number of hydrogen-bond acceptors (Lipinski definition) is 3. The number of nitrogens with zero attached hydrogens (tertiary/aromatic N) is 2. The molecule has 0 amide bonds. The van der Waals surface area contributed by atoms with E-state index in [2.05, 4.69) is 39.6 Å². The number of halogens is 1. The van der Waals surface area contributed by atoms with Crippen molar-refractivity contribution >= 4 is 15.9 Å². The zero-order valence-electron chi connectivity index (χ0n) is 11.8. The van der Waals surface area contributed by atoms with Gasteiger partial charge in [-0.2, -0.15) is 0 Å². The minimum absolute atomic E-state index is 0.311. The van der Waals surface area contributed by atoms with Gasteiger partial charge in [-0.1, -0.05) is 19.9 Å². The maximum absolute atomic E-state index is 9.50. The zero-order chi connectivity index (χ0) is 13.8. The third kappa shape index (κ3) is 4.48. The Balaban J connectivity index is 1.83. The Kier molecular flexibility index (Phi) is 5.25. The molecule has 0 unspecified atom stereocenters. The van der Waals surface area contributed by atoms with Gasteiger partial charge in [0.1, 0.15) is 5.75 Å². The van der Waals surface area contributed by atoms with Crippen molar-refractivity contribution in [1.82, 2.24) is 9.80 Å². The second-order valence-corrected chi connectivity index (χ2v) is 6.61. The largest absolute Gasteiger partial charge is 0.507 e. The molecule has 2 rings (SSSR count). The molecule has 0 bridgehead atoms. The molecule has 0 aromatic heterocycles. The molecule has 1 heterocycles. The van der Waals surface area contributed by atoms with E-state index < -0.39 is 0 Å². The van der Waals surface area contributed by atoms with Gasteiger partial charge in [-0.3, -0.25) is 4.90 Å². The van der Waals surface area contributed by atoms with Crippen LogP contribution >= 0.6 is 15.9 Å². The van der Waals surface area contributed by atoms with Gasteiger partial charge in [0.15, 0.2) is 0 Å². The summed E-state index contributed by atoms with van der Waals surface area (Å²) in [6.07, 6.45) is 0. The highest BCUT2D eigenvalue weighted by Gasteiger charge is 2.17. The van der Waals surface area contributed by atoms with Crippen LogP contribution in [-0.2, 0) is 6.54 Å². The molecule has 1 fully saturated rings. The third-order valence-corrected chi connectivity index (χ3v) is 4.14. The summed E-state index contributed by atoms with van der Waals surface area (Å²) in [7, 11) is 0. The van der Waals surface area contributed by atoms with Crippen molar-refractivity contribution in [3.63, 3.8) is 0 Å². The molecule has 106 valence electrons. The predicted octanol–water partition coefficient (Wildman–Crippen LogP) is 2.93. The number of benzene rings is 1. The average Bonchev–Trinajstić information content (AvgIpc) is 2.36. The minimum Gasteiger partial charge on any atom is -0.507 e. The molecule has 3 nitrogen and oxygen atoms in total. The van der Waals surface area contributed by atoms with Crippen molar-refractivity contribution < 1.29 is 5.11 Å². The fourth-order valence-electron chi connectivity index (χ4n) is 2.55. The van der Waals surface area contributed by atoms with Gasteiger partial charge in [-0.25, -0.2) is 0 Å². The number of hydrogen-bond donors (Lipinski definition) is 1. The number of piperazine rings is 1. The van der Waals surface area contributed by atoms with E-state index in [0.717, 1.165) is 43.1 Å². The van der Waals surface area contributed by atoms with Crippen LogP contribution in [0.3, 0.4) is 0 Å². The van der Waals surface area contributed by atoms with Crippen LogP contribution in [0.25, 0.3) is 0 Å². The number of aromatic hydroxyl groups is 1. The lowest BCUT2D eigenvalue weighted by atomic mass is 10.1. The maximum Gasteiger partial charge on any atom is 0.129 e. The van der Waals surface area contributed by atoms with Crippen LogP contribution < -0.4 is 0 Å². The Labute approximate surface area is 124 Å². The lowest BCUT2D eigenvalue weighted by molar-refractivity contribution is 0.117. The zero-order valence-corrected chi connectivity index (χ0v) is 13.4. The summed E-state index contributed by atoms with van der Waals surface area (Å²) >= 11 is 3.37. The lowest BCUT2D eigenvalue weighted by Gasteiger charge is -2.35. The highest BCUT2D eigenvalue weighted by Crippen LogP contribution is 2.25. The summed E-state index contributed by atoms with van der Waals surface area (Å²) in [6.45, 7) is 11.3. The van der Waals surface area contributed by atoms with Crippen molar-refractivity contribution in [2.45, 2.75) is 20.4 Å². The van der Waals surface area contributed by atoms with Crippen LogP contribution in [-0.4, -0.2) is 47.6 Å². The van der Waals surface area contributed by atoms with Crippen molar-refractivity contribution in [2.24, 2.45) is 5.92 Å². The second-order valence-electron chi connectivity index (χ2n) is 5.76. The van der Waals surface area contributed by atoms with E-state index in [1.54, 1.807) is 6.07 Å². The Morgan fingerprint density at radius 1 is 1.16 bits per heavy atom. The summed E-state index contributed by atoms with van der Waals surface area (Å²) in [5, 5.41) is 9.50. The van der Waals surface area contributed by atoms with Crippen molar-refractivity contribution in [3.05, 3.63) is 28.2 Å². The molecule has 1 saturated heterocycles. The van der Waals surface area contributed by atoms with Gasteiger partial charge in [0.25, 0.3) is 0 Å². The monoisotopic (exact) mass is 326 g/mol. The molecular weight excluding hydrogens is 304 g/mol. The maximum atomic E-state index is 9.50. The van der Waals surface area contributed by atoms with E-state index >= 15 is 0 Å². The Hall–Kier alpha value is -0.580. The van der Waals surface area contributed by atoms with E-state index in [0.29, 0.717) is 5.75 Å². The summed E-state index contributed by atoms with van der Waals surface area (Å²) in [6, 6.07) is 5.77. The molecule has 0 spiro atoms. The van der Waals surface area contributed by atoms with Crippen LogP contribution in [0.2, 0.25) is 0 Å². The summed E-state index contributed by atoms with van der Waals surface area (Å²) in [5.41, 5.74) is 1.25. The number of rotatable bonds is 4. The molecule has 1 aliphatic rings. The Bertz CT molecular complexity index is 415. The first-order chi connectivity index (χ1) is 9.04. The second kappa shape index (κ2) is 6.73. The molecule has 1 aromatic carbocycles. The Morgan fingerprint density at radius 2 is 1.79 bits per heavy atom. The van der Waals surface area contributed by atoms with Gasteiger partial charge in [0.05, 0.1) is 4.47 Å². The van der Waals surface area contributed by atoms with Gasteiger partial charge in [-0.15, -0.1) is 0 Å². The molecule has 19 heavy (non-hydrogen) atoms. The van der Waals surface area contributed by atoms with E-state index in [-0.39, 0.29) is 0 Å². The fraction of sp³-hybridized carbons (Fsp3) is 0.600. The molecule has 1 aromatic rings. The molecule has 0 radical (unpaired) electrons. The molecular formula is C15H23BrN2O. The van der Waals surface area contributed by atoms with Crippen molar-refractivity contribution in [2.75, 3.05) is 32.7 Å². The molecule has 0 saturated carbocycles. The molecule has 1 aliphatic heterocycles. The van der Waals surface area contributed by atoms with Crippen LogP contribution in [0, 0.1) is 5.92 Å². The third-order valence-electron chi connectivity index (χ3n) is 3.51. The van der Waals surface area contributed by atoms with Gasteiger partial charge in [-0.05, 0) is 39.5 Å². The SMILES string of the molecule is CC(C)CN1CCN(Cc2ccc(O)c(Br)c2)CC1. The van der Waals surface area contributed by atoms with E-state index in [9.17, 15) is 5.11 Å². The molecule has 0 aliphatic carbocycles. The normalized spacial score (nSPS) is 18.1. The molecule has 4 heteroatoms. The van der Waals surface area contributed by atoms with Crippen molar-refractivity contribution in [1.29, 1.82) is 0 Å². The van der Waals surface area contributed by atoms with Crippen LogP contribution in [0.5, 0.6) is 5.75 Å². The molecule has 0 atom stereocenters. The Morgan fingerprint density at radius 3 is 2.37 bits per heavy atom.